The molecule has 0 fully saturated rings. The highest BCUT2D eigenvalue weighted by Gasteiger charge is 1.99. The third kappa shape index (κ3) is 6.13. The lowest BCUT2D eigenvalue weighted by Gasteiger charge is -1.96. The van der Waals surface area contributed by atoms with Crippen LogP contribution in [0.4, 0.5) is 9.18 Å². The van der Waals surface area contributed by atoms with Crippen LogP contribution >= 0.6 is 22.6 Å². The zero-order chi connectivity index (χ0) is 5.86. The third-order valence-corrected chi connectivity index (χ3v) is 0.509. The molecule has 1 unspecified atom stereocenters. The van der Waals surface area contributed by atoms with Crippen molar-refractivity contribution in [3.05, 3.63) is 0 Å². The third-order valence-electron chi connectivity index (χ3n) is 0.255. The van der Waals surface area contributed by atoms with E-state index >= 15 is 0 Å². The topological polar surface area (TPSA) is 26.3 Å². The molecular weight excluding hydrogens is 214 g/mol. The van der Waals surface area contributed by atoms with Crippen LogP contribution in [0, 0.1) is 0 Å². The summed E-state index contributed by atoms with van der Waals surface area (Å²) in [6.07, 6.45) is -1.48. The van der Waals surface area contributed by atoms with Crippen LogP contribution in [0.2, 0.25) is 0 Å². The van der Waals surface area contributed by atoms with Crippen molar-refractivity contribution in [3.8, 4) is 0 Å². The van der Waals surface area contributed by atoms with Crippen LogP contribution in [0.1, 0.15) is 6.92 Å². The average Bonchev–Trinajstić information content (AvgIpc) is 1.27. The summed E-state index contributed by atoms with van der Waals surface area (Å²) in [4.78, 5) is 9.78. The molecule has 0 amide bonds. The van der Waals surface area contributed by atoms with Crippen molar-refractivity contribution in [1.29, 1.82) is 0 Å². The van der Waals surface area contributed by atoms with Gasteiger partial charge in [0.25, 0.3) is 0 Å². The maximum Gasteiger partial charge on any atom is 0.369 e. The lowest BCUT2D eigenvalue weighted by Crippen LogP contribution is -2.00. The highest BCUT2D eigenvalue weighted by molar-refractivity contribution is 14.1. The molecule has 0 aromatic carbocycles. The van der Waals surface area contributed by atoms with Crippen LogP contribution in [0.5, 0.6) is 0 Å². The Morgan fingerprint density at radius 3 is 2.43 bits per heavy atom. The van der Waals surface area contributed by atoms with Crippen LogP contribution in [-0.4, -0.2) is 10.3 Å². The number of halogens is 2. The molecule has 0 bridgehead atoms. The predicted molar refractivity (Wildman–Crippen MR) is 31.1 cm³/mol. The van der Waals surface area contributed by atoms with Crippen LogP contribution in [0.3, 0.4) is 0 Å². The van der Waals surface area contributed by atoms with Gasteiger partial charge in [-0.2, -0.15) is 0 Å². The fourth-order valence-corrected chi connectivity index (χ4v) is 0.478. The van der Waals surface area contributed by atoms with E-state index < -0.39 is 10.3 Å². The fourth-order valence-electron chi connectivity index (χ4n) is 0.128. The van der Waals surface area contributed by atoms with Gasteiger partial charge in [0.2, 0.25) is 6.36 Å². The van der Waals surface area contributed by atoms with Crippen LogP contribution in [0.25, 0.3) is 0 Å². The Kier molecular flexibility index (Phi) is 3.23. The molecule has 42 valence electrons. The van der Waals surface area contributed by atoms with E-state index in [-0.39, 0.29) is 0 Å². The Labute approximate surface area is 54.2 Å². The predicted octanol–water partition coefficient (Wildman–Crippen LogP) is 1.87. The summed E-state index contributed by atoms with van der Waals surface area (Å²) in [6.45, 7) is 1.15. The first-order valence-corrected chi connectivity index (χ1v) is 2.71. The van der Waals surface area contributed by atoms with Crippen LogP contribution < -0.4 is 0 Å². The van der Waals surface area contributed by atoms with Gasteiger partial charge in [0.1, 0.15) is 0 Å². The second-order valence-electron chi connectivity index (χ2n) is 0.898. The molecule has 0 saturated carbocycles. The number of alkyl halides is 1. The van der Waals surface area contributed by atoms with E-state index in [9.17, 15) is 9.18 Å². The normalized spacial score (nSPS) is 13.0. The van der Waals surface area contributed by atoms with Gasteiger partial charge in [0, 0.05) is 6.92 Å². The Hall–Kier alpha value is 0.130. The van der Waals surface area contributed by atoms with E-state index in [0.29, 0.717) is 0 Å². The first-order valence-electron chi connectivity index (χ1n) is 1.63. The molecular formula is C3H4FIO2. The van der Waals surface area contributed by atoms with E-state index in [4.69, 9.17) is 0 Å². The summed E-state index contributed by atoms with van der Waals surface area (Å²) in [5, 5.41) is 0. The summed E-state index contributed by atoms with van der Waals surface area (Å²) >= 11 is 1.36. The van der Waals surface area contributed by atoms with Crippen LogP contribution in [-0.2, 0) is 4.74 Å². The van der Waals surface area contributed by atoms with Gasteiger partial charge in [-0.05, 0) is 0 Å². The molecule has 4 heteroatoms. The van der Waals surface area contributed by atoms with Crippen molar-refractivity contribution in [1.82, 2.24) is 0 Å². The van der Waals surface area contributed by atoms with Crippen molar-refractivity contribution in [2.24, 2.45) is 0 Å². The zero-order valence-electron chi connectivity index (χ0n) is 3.65. The van der Waals surface area contributed by atoms with Crippen molar-refractivity contribution < 1.29 is 13.9 Å². The largest absolute Gasteiger partial charge is 0.424 e. The molecule has 0 heterocycles. The minimum Gasteiger partial charge on any atom is -0.424 e. The van der Waals surface area contributed by atoms with Crippen molar-refractivity contribution in [2.45, 2.75) is 13.3 Å². The number of carbonyl (C=O) groups excluding carboxylic acids is 1. The average molecular weight is 218 g/mol. The Morgan fingerprint density at radius 2 is 2.43 bits per heavy atom. The van der Waals surface area contributed by atoms with Gasteiger partial charge >= 0.3 is 3.98 Å². The first kappa shape index (κ1) is 7.13. The molecule has 0 aliphatic carbocycles. The molecule has 2 nitrogen and oxygen atoms in total. The first-order chi connectivity index (χ1) is 3.13. The molecule has 0 aromatic heterocycles. The van der Waals surface area contributed by atoms with Crippen LogP contribution in [0.15, 0.2) is 0 Å². The second-order valence-corrected chi connectivity index (χ2v) is 1.78. The lowest BCUT2D eigenvalue weighted by atomic mass is 10.8. The fraction of sp³-hybridized carbons (Fsp3) is 0.667. The van der Waals surface area contributed by atoms with E-state index in [2.05, 4.69) is 4.74 Å². The second kappa shape index (κ2) is 3.17. The van der Waals surface area contributed by atoms with E-state index in [1.54, 1.807) is 0 Å². The number of rotatable bonds is 1. The summed E-state index contributed by atoms with van der Waals surface area (Å²) in [6, 6.07) is 0. The molecule has 0 aliphatic heterocycles. The summed E-state index contributed by atoms with van der Waals surface area (Å²) in [5.41, 5.74) is 0. The van der Waals surface area contributed by atoms with Gasteiger partial charge < -0.3 is 4.74 Å². The van der Waals surface area contributed by atoms with E-state index in [0.717, 1.165) is 6.92 Å². The molecule has 0 aliphatic rings. The minimum atomic E-state index is -1.48. The maximum absolute atomic E-state index is 11.5. The van der Waals surface area contributed by atoms with Gasteiger partial charge in [0.15, 0.2) is 0 Å². The van der Waals surface area contributed by atoms with Gasteiger partial charge in [-0.3, -0.25) is 0 Å². The lowest BCUT2D eigenvalue weighted by molar-refractivity contribution is 0.0472. The highest BCUT2D eigenvalue weighted by atomic mass is 127. The number of hydrogen-bond acceptors (Lipinski definition) is 2. The van der Waals surface area contributed by atoms with Crippen molar-refractivity contribution in [2.75, 3.05) is 0 Å². The Morgan fingerprint density at radius 1 is 2.00 bits per heavy atom. The molecule has 0 spiro atoms. The minimum absolute atomic E-state index is 0.618. The molecule has 0 saturated heterocycles. The van der Waals surface area contributed by atoms with Gasteiger partial charge in [-0.25, -0.2) is 9.18 Å². The van der Waals surface area contributed by atoms with E-state index in [1.165, 1.54) is 22.6 Å². The van der Waals surface area contributed by atoms with Gasteiger partial charge in [-0.15, -0.1) is 0 Å². The smallest absolute Gasteiger partial charge is 0.369 e. The number of ether oxygens (including phenoxy) is 1. The molecule has 0 rings (SSSR count). The number of hydrogen-bond donors (Lipinski definition) is 0. The molecule has 1 atom stereocenters. The molecule has 0 aromatic rings. The van der Waals surface area contributed by atoms with Crippen molar-refractivity contribution in [3.63, 3.8) is 0 Å². The molecule has 0 N–H and O–H groups in total. The maximum atomic E-state index is 11.5. The molecule has 0 radical (unpaired) electrons. The Balaban J connectivity index is 3.13. The monoisotopic (exact) mass is 218 g/mol. The quantitative estimate of drug-likeness (QED) is 0.496. The summed E-state index contributed by atoms with van der Waals surface area (Å²) < 4.78 is 14.8. The van der Waals surface area contributed by atoms with Gasteiger partial charge in [-0.1, -0.05) is 0 Å². The van der Waals surface area contributed by atoms with Crippen molar-refractivity contribution >= 4 is 26.6 Å². The highest BCUT2D eigenvalue weighted by Crippen LogP contribution is 1.97. The standard InChI is InChI=1S/C3H4FIO2/c1-2(4)7-3(5)6/h2H,1H3. The van der Waals surface area contributed by atoms with E-state index in [1.807, 2.05) is 0 Å². The summed E-state index contributed by atoms with van der Waals surface area (Å²) in [7, 11) is 0. The Bertz CT molecular complexity index is 73.3. The summed E-state index contributed by atoms with van der Waals surface area (Å²) in [5.74, 6) is 0. The number of carbonyl (C=O) groups is 1. The molecule has 7 heavy (non-hydrogen) atoms. The zero-order valence-corrected chi connectivity index (χ0v) is 5.81. The van der Waals surface area contributed by atoms with Gasteiger partial charge in [0.05, 0.1) is 22.6 Å². The SMILES string of the molecule is CC(F)OC(=O)I.